The summed E-state index contributed by atoms with van der Waals surface area (Å²) in [6.45, 7) is 0. The number of pyridine rings is 1. The standard InChI is InChI=1S/C53H35N3/c1-4-16-36(17-5-1)42-22-10-13-25-49(42)56-51-27-15-12-24-44(51)46-33-40(29-31-53(46)56)39-28-30-52-45(32-39)43-23-11-14-26-50(43)55(52)41-34-47(37-18-6-2-7-19-37)54-48(35-41)38-20-8-3-9-21-38/h1-35H. The van der Waals surface area contributed by atoms with Crippen molar-refractivity contribution in [3.05, 3.63) is 212 Å². The molecule has 0 unspecified atom stereocenters. The molecule has 0 radical (unpaired) electrons. The normalized spacial score (nSPS) is 11.6. The van der Waals surface area contributed by atoms with E-state index < -0.39 is 0 Å². The van der Waals surface area contributed by atoms with Gasteiger partial charge in [0.15, 0.2) is 0 Å². The van der Waals surface area contributed by atoms with Gasteiger partial charge in [-0.1, -0.05) is 158 Å². The van der Waals surface area contributed by atoms with Crippen LogP contribution in [0.2, 0.25) is 0 Å². The summed E-state index contributed by atoms with van der Waals surface area (Å²) in [4.78, 5) is 5.17. The first-order valence-electron chi connectivity index (χ1n) is 19.1. The van der Waals surface area contributed by atoms with Crippen molar-refractivity contribution in [3.8, 4) is 56.1 Å². The molecule has 0 aliphatic carbocycles. The summed E-state index contributed by atoms with van der Waals surface area (Å²) in [5, 5.41) is 4.92. The van der Waals surface area contributed by atoms with Crippen LogP contribution < -0.4 is 0 Å². The van der Waals surface area contributed by atoms with Crippen LogP contribution in [0.4, 0.5) is 0 Å². The number of hydrogen-bond donors (Lipinski definition) is 0. The Kier molecular flexibility index (Phi) is 7.49. The van der Waals surface area contributed by atoms with Crippen molar-refractivity contribution in [2.24, 2.45) is 0 Å². The zero-order valence-electron chi connectivity index (χ0n) is 30.5. The number of para-hydroxylation sites is 3. The molecule has 0 atom stereocenters. The molecule has 3 heterocycles. The van der Waals surface area contributed by atoms with Crippen LogP contribution in [0.1, 0.15) is 0 Å². The van der Waals surface area contributed by atoms with E-state index in [1.165, 1.54) is 66.0 Å². The third-order valence-electron chi connectivity index (χ3n) is 11.1. The van der Waals surface area contributed by atoms with Crippen LogP contribution in [0.5, 0.6) is 0 Å². The van der Waals surface area contributed by atoms with Gasteiger partial charge in [-0.25, -0.2) is 4.98 Å². The number of rotatable bonds is 6. The first-order valence-corrected chi connectivity index (χ1v) is 19.1. The monoisotopic (exact) mass is 713 g/mol. The Morgan fingerprint density at radius 1 is 0.286 bits per heavy atom. The molecule has 56 heavy (non-hydrogen) atoms. The van der Waals surface area contributed by atoms with Crippen LogP contribution in [0.3, 0.4) is 0 Å². The summed E-state index contributed by atoms with van der Waals surface area (Å²) in [5.74, 6) is 0. The van der Waals surface area contributed by atoms with Gasteiger partial charge >= 0.3 is 0 Å². The number of nitrogens with zero attached hydrogens (tertiary/aromatic N) is 3. The first kappa shape index (κ1) is 32.0. The molecule has 0 spiro atoms. The Bertz CT molecular complexity index is 3170. The Balaban J connectivity index is 1.09. The van der Waals surface area contributed by atoms with Gasteiger partial charge in [0.2, 0.25) is 0 Å². The van der Waals surface area contributed by atoms with Gasteiger partial charge in [-0.15, -0.1) is 0 Å². The lowest BCUT2D eigenvalue weighted by Crippen LogP contribution is -1.98. The van der Waals surface area contributed by atoms with Crippen molar-refractivity contribution in [1.29, 1.82) is 0 Å². The second-order valence-electron chi connectivity index (χ2n) is 14.4. The van der Waals surface area contributed by atoms with Crippen LogP contribution in [0.25, 0.3) is 99.8 Å². The Morgan fingerprint density at radius 2 is 0.714 bits per heavy atom. The molecule has 0 amide bonds. The molecule has 0 saturated heterocycles. The van der Waals surface area contributed by atoms with Gasteiger partial charge in [0.1, 0.15) is 0 Å². The average molecular weight is 714 g/mol. The molecule has 3 heteroatoms. The fraction of sp³-hybridized carbons (Fsp3) is 0. The summed E-state index contributed by atoms with van der Waals surface area (Å²) >= 11 is 0. The van der Waals surface area contributed by atoms with Crippen LogP contribution in [-0.4, -0.2) is 14.1 Å². The van der Waals surface area contributed by atoms with Crippen LogP contribution in [0, 0.1) is 0 Å². The second kappa shape index (κ2) is 13.1. The van der Waals surface area contributed by atoms with Crippen molar-refractivity contribution in [2.45, 2.75) is 0 Å². The van der Waals surface area contributed by atoms with E-state index in [4.69, 9.17) is 4.98 Å². The maximum atomic E-state index is 5.17. The van der Waals surface area contributed by atoms with E-state index in [0.717, 1.165) is 33.7 Å². The molecule has 11 rings (SSSR count). The molecule has 0 bridgehead atoms. The third kappa shape index (κ3) is 5.25. The highest BCUT2D eigenvalue weighted by molar-refractivity contribution is 6.13. The maximum absolute atomic E-state index is 5.17. The van der Waals surface area contributed by atoms with Gasteiger partial charge in [0, 0.05) is 38.2 Å². The van der Waals surface area contributed by atoms with E-state index in [-0.39, 0.29) is 0 Å². The second-order valence-corrected chi connectivity index (χ2v) is 14.4. The van der Waals surface area contributed by atoms with Crippen LogP contribution >= 0.6 is 0 Å². The minimum absolute atomic E-state index is 0.948. The van der Waals surface area contributed by atoms with Gasteiger partial charge in [0.05, 0.1) is 44.8 Å². The van der Waals surface area contributed by atoms with Gasteiger partial charge < -0.3 is 9.13 Å². The number of benzene rings is 8. The zero-order chi connectivity index (χ0) is 37.0. The molecule has 262 valence electrons. The lowest BCUT2D eigenvalue weighted by Gasteiger charge is -2.14. The highest BCUT2D eigenvalue weighted by atomic mass is 15.0. The minimum Gasteiger partial charge on any atom is -0.309 e. The van der Waals surface area contributed by atoms with Gasteiger partial charge in [-0.2, -0.15) is 0 Å². The van der Waals surface area contributed by atoms with E-state index in [1.807, 2.05) is 0 Å². The van der Waals surface area contributed by atoms with Crippen molar-refractivity contribution in [2.75, 3.05) is 0 Å². The van der Waals surface area contributed by atoms with E-state index in [9.17, 15) is 0 Å². The summed E-state index contributed by atoms with van der Waals surface area (Å²) < 4.78 is 4.83. The van der Waals surface area contributed by atoms with E-state index in [0.29, 0.717) is 0 Å². The molecule has 0 N–H and O–H groups in total. The fourth-order valence-electron chi connectivity index (χ4n) is 8.53. The lowest BCUT2D eigenvalue weighted by molar-refractivity contribution is 1.16. The predicted molar refractivity (Wildman–Crippen MR) is 235 cm³/mol. The molecule has 3 aromatic heterocycles. The molecule has 8 aromatic carbocycles. The van der Waals surface area contributed by atoms with Gasteiger partial charge in [-0.3, -0.25) is 0 Å². The maximum Gasteiger partial charge on any atom is 0.0730 e. The van der Waals surface area contributed by atoms with Crippen molar-refractivity contribution >= 4 is 43.6 Å². The third-order valence-corrected chi connectivity index (χ3v) is 11.1. The summed E-state index contributed by atoms with van der Waals surface area (Å²) in [6.07, 6.45) is 0. The highest BCUT2D eigenvalue weighted by Gasteiger charge is 2.19. The quantitative estimate of drug-likeness (QED) is 0.168. The molecular weight excluding hydrogens is 679 g/mol. The minimum atomic E-state index is 0.948. The fourth-order valence-corrected chi connectivity index (χ4v) is 8.53. The molecule has 0 fully saturated rings. The number of aromatic nitrogens is 3. The van der Waals surface area contributed by atoms with E-state index in [1.54, 1.807) is 0 Å². The van der Waals surface area contributed by atoms with Gasteiger partial charge in [-0.05, 0) is 71.3 Å². The zero-order valence-corrected chi connectivity index (χ0v) is 30.5. The summed E-state index contributed by atoms with van der Waals surface area (Å²) in [7, 11) is 0. The van der Waals surface area contributed by atoms with Crippen molar-refractivity contribution in [1.82, 2.24) is 14.1 Å². The SMILES string of the molecule is c1ccc(-c2cc(-n3c4ccccc4c4cc(-c5ccc6c(c5)c5ccccc5n6-c5ccccc5-c5ccccc5)ccc43)cc(-c3ccccc3)n2)cc1. The molecule has 3 nitrogen and oxygen atoms in total. The smallest absolute Gasteiger partial charge is 0.0730 e. The Morgan fingerprint density at radius 3 is 1.29 bits per heavy atom. The molecule has 0 aliphatic heterocycles. The topological polar surface area (TPSA) is 22.8 Å². The van der Waals surface area contributed by atoms with Crippen LogP contribution in [0.15, 0.2) is 212 Å². The van der Waals surface area contributed by atoms with Gasteiger partial charge in [0.25, 0.3) is 0 Å². The van der Waals surface area contributed by atoms with E-state index >= 15 is 0 Å². The van der Waals surface area contributed by atoms with Crippen LogP contribution in [-0.2, 0) is 0 Å². The predicted octanol–water partition coefficient (Wildman–Crippen LogP) is 13.9. The van der Waals surface area contributed by atoms with Crippen molar-refractivity contribution in [3.63, 3.8) is 0 Å². The summed E-state index contributed by atoms with van der Waals surface area (Å²) in [6, 6.07) is 76.2. The molecule has 0 aliphatic rings. The average Bonchev–Trinajstić information content (AvgIpc) is 3.79. The lowest BCUT2D eigenvalue weighted by atomic mass is 10.0. The highest BCUT2D eigenvalue weighted by Crippen LogP contribution is 2.40. The Labute approximate surface area is 325 Å². The largest absolute Gasteiger partial charge is 0.309 e. The van der Waals surface area contributed by atoms with Crippen molar-refractivity contribution < 1.29 is 0 Å². The summed E-state index contributed by atoms with van der Waals surface area (Å²) in [5.41, 5.74) is 15.9. The Hall–Kier alpha value is -7.49. The molecular formula is C53H35N3. The number of hydrogen-bond acceptors (Lipinski definition) is 1. The molecule has 11 aromatic rings. The van der Waals surface area contributed by atoms with E-state index in [2.05, 4.69) is 221 Å². The first-order chi connectivity index (χ1) is 27.8. The number of fused-ring (bicyclic) bond motifs is 6. The molecule has 0 saturated carbocycles.